The normalized spacial score (nSPS) is 20.9. The van der Waals surface area contributed by atoms with Crippen LogP contribution in [0.15, 0.2) is 52.3 Å². The average Bonchev–Trinajstić information content (AvgIpc) is 2.34. The first-order chi connectivity index (χ1) is 9.35. The lowest BCUT2D eigenvalue weighted by Gasteiger charge is -2.20. The van der Waals surface area contributed by atoms with Crippen LogP contribution in [0.5, 0.6) is 0 Å². The number of hydrogen-bond donors (Lipinski definition) is 2. The second-order valence-electron chi connectivity index (χ2n) is 4.59. The number of halogens is 2. The van der Waals surface area contributed by atoms with Gasteiger partial charge in [-0.1, -0.05) is 12.2 Å². The molecule has 0 aromatic heterocycles. The Labute approximate surface area is 117 Å². The largest absolute Gasteiger partial charge is 0.434 e. The van der Waals surface area contributed by atoms with Crippen molar-refractivity contribution in [3.63, 3.8) is 0 Å². The summed E-state index contributed by atoms with van der Waals surface area (Å²) in [6.45, 7) is 8.43. The highest BCUT2D eigenvalue weighted by molar-refractivity contribution is 5.90. The SMILES string of the molecule is C=C(C)/C=C(F)\C(OC1=NCC(NN)C(C)=C1)=C(/C)F. The zero-order valence-corrected chi connectivity index (χ0v) is 11.8. The van der Waals surface area contributed by atoms with E-state index in [2.05, 4.69) is 17.0 Å². The molecule has 0 amide bonds. The fourth-order valence-electron chi connectivity index (χ4n) is 1.58. The fourth-order valence-corrected chi connectivity index (χ4v) is 1.58. The molecule has 0 saturated heterocycles. The molecule has 20 heavy (non-hydrogen) atoms. The van der Waals surface area contributed by atoms with Gasteiger partial charge >= 0.3 is 0 Å². The number of dihydropyridines is 1. The molecule has 0 bridgehead atoms. The summed E-state index contributed by atoms with van der Waals surface area (Å²) >= 11 is 0. The standard InChI is InChI=1S/C14H19F2N3O/c1-8(2)5-11(16)14(10(4)15)20-13-6-9(3)12(19-17)7-18-13/h5-6,12,19H,1,7,17H2,2-4H3/b11-5+,14-10-. The molecule has 6 heteroatoms. The maximum Gasteiger partial charge on any atom is 0.215 e. The summed E-state index contributed by atoms with van der Waals surface area (Å²) in [5, 5.41) is 0. The predicted octanol–water partition coefficient (Wildman–Crippen LogP) is 2.82. The van der Waals surface area contributed by atoms with E-state index < -0.39 is 17.4 Å². The third-order valence-corrected chi connectivity index (χ3v) is 2.64. The van der Waals surface area contributed by atoms with Gasteiger partial charge in [-0.3, -0.25) is 11.3 Å². The fraction of sp³-hybridized carbons (Fsp3) is 0.357. The topological polar surface area (TPSA) is 59.6 Å². The second-order valence-corrected chi connectivity index (χ2v) is 4.59. The lowest BCUT2D eigenvalue weighted by molar-refractivity contribution is 0.365. The molecule has 0 fully saturated rings. The summed E-state index contributed by atoms with van der Waals surface area (Å²) in [6.07, 6.45) is 2.69. The van der Waals surface area contributed by atoms with Crippen molar-refractivity contribution in [1.29, 1.82) is 0 Å². The van der Waals surface area contributed by atoms with Crippen molar-refractivity contribution in [3.8, 4) is 0 Å². The molecule has 1 heterocycles. The van der Waals surface area contributed by atoms with Crippen LogP contribution in [-0.4, -0.2) is 18.5 Å². The lowest BCUT2D eigenvalue weighted by Crippen LogP contribution is -2.40. The van der Waals surface area contributed by atoms with Gasteiger partial charge in [-0.25, -0.2) is 13.8 Å². The molecule has 110 valence electrons. The van der Waals surface area contributed by atoms with E-state index >= 15 is 0 Å². The van der Waals surface area contributed by atoms with Crippen LogP contribution in [0.3, 0.4) is 0 Å². The van der Waals surface area contributed by atoms with Gasteiger partial charge in [0.1, 0.15) is 5.83 Å². The molecule has 0 aromatic carbocycles. The van der Waals surface area contributed by atoms with E-state index in [1.54, 1.807) is 13.0 Å². The molecule has 4 nitrogen and oxygen atoms in total. The number of ether oxygens (including phenoxy) is 1. The van der Waals surface area contributed by atoms with Crippen molar-refractivity contribution in [1.82, 2.24) is 5.43 Å². The molecule has 1 atom stereocenters. The predicted molar refractivity (Wildman–Crippen MR) is 76.1 cm³/mol. The minimum Gasteiger partial charge on any atom is -0.434 e. The van der Waals surface area contributed by atoms with E-state index in [-0.39, 0.29) is 11.9 Å². The number of nitrogens with one attached hydrogen (secondary N) is 1. The molecule has 0 radical (unpaired) electrons. The average molecular weight is 283 g/mol. The number of aliphatic imine (C=N–C) groups is 1. The Kier molecular flexibility index (Phi) is 5.79. The van der Waals surface area contributed by atoms with Gasteiger partial charge in [-0.05, 0) is 32.4 Å². The van der Waals surface area contributed by atoms with Crippen molar-refractivity contribution in [3.05, 3.63) is 47.3 Å². The third kappa shape index (κ3) is 4.40. The van der Waals surface area contributed by atoms with Crippen molar-refractivity contribution in [2.24, 2.45) is 10.8 Å². The zero-order chi connectivity index (χ0) is 15.3. The van der Waals surface area contributed by atoms with E-state index in [4.69, 9.17) is 10.6 Å². The van der Waals surface area contributed by atoms with Gasteiger partial charge in [0, 0.05) is 6.08 Å². The van der Waals surface area contributed by atoms with Gasteiger partial charge in [0.25, 0.3) is 0 Å². The summed E-state index contributed by atoms with van der Waals surface area (Å²) in [5.74, 6) is 3.40. The first-order valence-electron chi connectivity index (χ1n) is 6.11. The molecule has 1 rings (SSSR count). The van der Waals surface area contributed by atoms with Crippen LogP contribution in [0.1, 0.15) is 20.8 Å². The minimum absolute atomic E-state index is 0.0999. The maximum atomic E-state index is 13.8. The van der Waals surface area contributed by atoms with E-state index in [1.807, 2.05) is 6.92 Å². The molecule has 0 aliphatic carbocycles. The molecular formula is C14H19F2N3O. The highest BCUT2D eigenvalue weighted by Crippen LogP contribution is 2.22. The van der Waals surface area contributed by atoms with Crippen molar-refractivity contribution in [2.75, 3.05) is 6.54 Å². The number of rotatable bonds is 4. The monoisotopic (exact) mass is 283 g/mol. The Balaban J connectivity index is 2.93. The Morgan fingerprint density at radius 1 is 1.55 bits per heavy atom. The van der Waals surface area contributed by atoms with Crippen LogP contribution in [-0.2, 0) is 4.74 Å². The van der Waals surface area contributed by atoms with Crippen molar-refractivity contribution < 1.29 is 13.5 Å². The molecule has 0 spiro atoms. The number of hydrogen-bond acceptors (Lipinski definition) is 4. The van der Waals surface area contributed by atoms with Gasteiger partial charge in [-0.15, -0.1) is 0 Å². The Bertz CT molecular complexity index is 515. The smallest absolute Gasteiger partial charge is 0.215 e. The lowest BCUT2D eigenvalue weighted by atomic mass is 10.1. The first kappa shape index (κ1) is 16.3. The highest BCUT2D eigenvalue weighted by Gasteiger charge is 2.19. The maximum absolute atomic E-state index is 13.8. The molecule has 3 N–H and O–H groups in total. The molecule has 1 unspecified atom stereocenters. The summed E-state index contributed by atoms with van der Waals surface area (Å²) in [5.41, 5.74) is 3.91. The van der Waals surface area contributed by atoms with Crippen LogP contribution in [0.2, 0.25) is 0 Å². The van der Waals surface area contributed by atoms with Gasteiger partial charge in [0.2, 0.25) is 5.90 Å². The van der Waals surface area contributed by atoms with Crippen LogP contribution in [0, 0.1) is 0 Å². The van der Waals surface area contributed by atoms with E-state index in [0.717, 1.165) is 18.6 Å². The molecule has 0 saturated carbocycles. The first-order valence-corrected chi connectivity index (χ1v) is 6.11. The minimum atomic E-state index is -0.828. The zero-order valence-electron chi connectivity index (χ0n) is 11.8. The third-order valence-electron chi connectivity index (χ3n) is 2.64. The Morgan fingerprint density at radius 2 is 2.20 bits per heavy atom. The molecular weight excluding hydrogens is 264 g/mol. The number of allylic oxidation sites excluding steroid dienone is 4. The number of nitrogens with zero attached hydrogens (tertiary/aromatic N) is 1. The quantitative estimate of drug-likeness (QED) is 0.361. The van der Waals surface area contributed by atoms with Crippen LogP contribution >= 0.6 is 0 Å². The van der Waals surface area contributed by atoms with Gasteiger partial charge in [0.05, 0.1) is 12.6 Å². The Morgan fingerprint density at radius 3 is 2.65 bits per heavy atom. The summed E-state index contributed by atoms with van der Waals surface area (Å²) in [7, 11) is 0. The summed E-state index contributed by atoms with van der Waals surface area (Å²) in [6, 6.07) is -0.0999. The second kappa shape index (κ2) is 7.12. The van der Waals surface area contributed by atoms with Crippen molar-refractivity contribution >= 4 is 5.90 Å². The van der Waals surface area contributed by atoms with Crippen LogP contribution < -0.4 is 11.3 Å². The Hall–Kier alpha value is -1.79. The molecule has 1 aliphatic rings. The van der Waals surface area contributed by atoms with E-state index in [0.29, 0.717) is 12.1 Å². The summed E-state index contributed by atoms with van der Waals surface area (Å²) in [4.78, 5) is 4.07. The van der Waals surface area contributed by atoms with Crippen LogP contribution in [0.4, 0.5) is 8.78 Å². The van der Waals surface area contributed by atoms with Gasteiger partial charge < -0.3 is 4.74 Å². The van der Waals surface area contributed by atoms with E-state index in [9.17, 15) is 8.78 Å². The van der Waals surface area contributed by atoms with Crippen LogP contribution in [0.25, 0.3) is 0 Å². The van der Waals surface area contributed by atoms with Gasteiger partial charge in [0.15, 0.2) is 11.6 Å². The molecule has 0 aromatic rings. The molecule has 1 aliphatic heterocycles. The summed E-state index contributed by atoms with van der Waals surface area (Å²) < 4.78 is 32.4. The van der Waals surface area contributed by atoms with Gasteiger partial charge in [-0.2, -0.15) is 0 Å². The van der Waals surface area contributed by atoms with Crippen molar-refractivity contribution in [2.45, 2.75) is 26.8 Å². The number of hydrazine groups is 1. The van der Waals surface area contributed by atoms with E-state index in [1.165, 1.54) is 0 Å². The number of nitrogens with two attached hydrogens (primary N) is 1. The highest BCUT2D eigenvalue weighted by atomic mass is 19.1.